The van der Waals surface area contributed by atoms with Crippen LogP contribution in [0, 0.1) is 12.7 Å². The van der Waals surface area contributed by atoms with E-state index >= 15 is 0 Å². The molecule has 0 aliphatic carbocycles. The number of benzene rings is 1. The van der Waals surface area contributed by atoms with Crippen molar-refractivity contribution in [2.75, 3.05) is 6.61 Å². The summed E-state index contributed by atoms with van der Waals surface area (Å²) in [7, 11) is 0. The molecule has 2 aromatic heterocycles. The Morgan fingerprint density at radius 3 is 2.70 bits per heavy atom. The van der Waals surface area contributed by atoms with Crippen molar-refractivity contribution >= 4 is 17.3 Å². The molecule has 0 saturated carbocycles. The molecular formula is C19H17FN2O4S. The number of ether oxygens (including phenoxy) is 2. The zero-order chi connectivity index (χ0) is 19.4. The van der Waals surface area contributed by atoms with Gasteiger partial charge in [-0.3, -0.25) is 4.79 Å². The molecule has 0 aliphatic heterocycles. The van der Waals surface area contributed by atoms with Crippen molar-refractivity contribution in [3.05, 3.63) is 68.8 Å². The number of aromatic nitrogens is 2. The third-order valence-corrected chi connectivity index (χ3v) is 4.86. The molecule has 0 saturated heterocycles. The zero-order valence-corrected chi connectivity index (χ0v) is 15.6. The molecule has 3 rings (SSSR count). The Labute approximate surface area is 158 Å². The van der Waals surface area contributed by atoms with Crippen LogP contribution >= 0.6 is 11.3 Å². The Bertz CT molecular complexity index is 1010. The predicted molar refractivity (Wildman–Crippen MR) is 99.6 cm³/mol. The van der Waals surface area contributed by atoms with Crippen LogP contribution in [0.15, 0.2) is 41.3 Å². The Morgan fingerprint density at radius 2 is 2.00 bits per heavy atom. The lowest BCUT2D eigenvalue weighted by Crippen LogP contribution is -2.10. The van der Waals surface area contributed by atoms with Gasteiger partial charge in [-0.2, -0.15) is 0 Å². The van der Waals surface area contributed by atoms with E-state index in [0.717, 1.165) is 16.9 Å². The first-order valence-corrected chi connectivity index (χ1v) is 9.05. The fraction of sp³-hybridized carbons (Fsp3) is 0.211. The number of hydrogen-bond donors (Lipinski definition) is 1. The van der Waals surface area contributed by atoms with Crippen LogP contribution in [-0.4, -0.2) is 22.5 Å². The predicted octanol–water partition coefficient (Wildman–Crippen LogP) is 3.70. The Morgan fingerprint density at radius 1 is 1.26 bits per heavy atom. The number of rotatable bonds is 6. The Kier molecular flexibility index (Phi) is 5.66. The largest absolute Gasteiger partial charge is 0.488 e. The number of pyridine rings is 1. The smallest absolute Gasteiger partial charge is 0.350 e. The van der Waals surface area contributed by atoms with E-state index < -0.39 is 5.97 Å². The molecule has 1 N–H and O–H groups in total. The number of carbonyl (C=O) groups is 1. The fourth-order valence-electron chi connectivity index (χ4n) is 2.41. The molecule has 0 radical (unpaired) electrons. The number of aryl methyl sites for hydroxylation is 1. The molecule has 0 amide bonds. The number of thiazole rings is 1. The van der Waals surface area contributed by atoms with Gasteiger partial charge in [0.25, 0.3) is 5.56 Å². The highest BCUT2D eigenvalue weighted by atomic mass is 32.1. The number of nitrogens with one attached hydrogen (secondary N) is 1. The lowest BCUT2D eigenvalue weighted by molar-refractivity contribution is 0.0531. The van der Waals surface area contributed by atoms with Gasteiger partial charge < -0.3 is 14.5 Å². The van der Waals surface area contributed by atoms with Gasteiger partial charge in [0.15, 0.2) is 0 Å². The highest BCUT2D eigenvalue weighted by Gasteiger charge is 2.21. The summed E-state index contributed by atoms with van der Waals surface area (Å²) >= 11 is 1.08. The van der Waals surface area contributed by atoms with Crippen molar-refractivity contribution in [1.82, 2.24) is 9.97 Å². The van der Waals surface area contributed by atoms with E-state index in [9.17, 15) is 14.0 Å². The third-order valence-electron chi connectivity index (χ3n) is 3.70. The maximum atomic E-state index is 13.0. The Hall–Kier alpha value is -3.00. The van der Waals surface area contributed by atoms with Crippen molar-refractivity contribution in [2.45, 2.75) is 20.5 Å². The van der Waals surface area contributed by atoms with E-state index in [0.29, 0.717) is 21.3 Å². The Balaban J connectivity index is 1.92. The monoisotopic (exact) mass is 388 g/mol. The topological polar surface area (TPSA) is 81.3 Å². The average molecular weight is 388 g/mol. The highest BCUT2D eigenvalue weighted by Crippen LogP contribution is 2.32. The number of aromatic amines is 1. The molecule has 0 unspecified atom stereocenters. The summed E-state index contributed by atoms with van der Waals surface area (Å²) in [5.41, 5.74) is 1.10. The van der Waals surface area contributed by atoms with E-state index in [4.69, 9.17) is 9.47 Å². The van der Waals surface area contributed by atoms with Crippen molar-refractivity contribution in [1.29, 1.82) is 0 Å². The molecule has 3 aromatic rings. The molecule has 6 nitrogen and oxygen atoms in total. The number of halogens is 1. The molecule has 8 heteroatoms. The molecule has 0 aliphatic rings. The molecule has 1 aromatic carbocycles. The summed E-state index contributed by atoms with van der Waals surface area (Å²) in [4.78, 5) is 31.7. The van der Waals surface area contributed by atoms with Crippen LogP contribution in [0.5, 0.6) is 5.75 Å². The van der Waals surface area contributed by atoms with E-state index in [-0.39, 0.29) is 30.2 Å². The van der Waals surface area contributed by atoms with Gasteiger partial charge in [0.1, 0.15) is 33.6 Å². The van der Waals surface area contributed by atoms with Gasteiger partial charge in [-0.05, 0) is 37.6 Å². The minimum Gasteiger partial charge on any atom is -0.488 e. The molecule has 0 bridgehead atoms. The van der Waals surface area contributed by atoms with Crippen LogP contribution < -0.4 is 10.3 Å². The number of hydrogen-bond acceptors (Lipinski definition) is 6. The molecule has 0 fully saturated rings. The summed E-state index contributed by atoms with van der Waals surface area (Å²) in [6.45, 7) is 3.82. The minimum atomic E-state index is -0.472. The standard InChI is InChI=1S/C19H17FN2O4S/c1-3-25-19(24)16-11(2)22-18(27-16)15-14(8-9-21-17(15)23)26-10-12-4-6-13(20)7-5-12/h4-9H,3,10H2,1-2H3,(H,21,23). The molecular weight excluding hydrogens is 371 g/mol. The second-order valence-electron chi connectivity index (χ2n) is 5.62. The maximum Gasteiger partial charge on any atom is 0.350 e. The summed E-state index contributed by atoms with van der Waals surface area (Å²) in [6.07, 6.45) is 1.47. The van der Waals surface area contributed by atoms with Crippen LogP contribution in [0.4, 0.5) is 4.39 Å². The van der Waals surface area contributed by atoms with E-state index in [1.807, 2.05) is 0 Å². The minimum absolute atomic E-state index is 0.159. The first-order chi connectivity index (χ1) is 13.0. The molecule has 2 heterocycles. The first-order valence-electron chi connectivity index (χ1n) is 8.23. The van der Waals surface area contributed by atoms with Crippen LogP contribution in [-0.2, 0) is 11.3 Å². The van der Waals surface area contributed by atoms with Crippen LogP contribution in [0.1, 0.15) is 27.9 Å². The number of nitrogens with zero attached hydrogens (tertiary/aromatic N) is 1. The van der Waals surface area contributed by atoms with Gasteiger partial charge in [0.05, 0.1) is 12.3 Å². The van der Waals surface area contributed by atoms with Crippen molar-refractivity contribution in [3.63, 3.8) is 0 Å². The number of H-pyrrole nitrogens is 1. The van der Waals surface area contributed by atoms with Gasteiger partial charge >= 0.3 is 5.97 Å². The number of esters is 1. The van der Waals surface area contributed by atoms with Gasteiger partial charge in [0, 0.05) is 6.20 Å². The maximum absolute atomic E-state index is 13.0. The van der Waals surface area contributed by atoms with Gasteiger partial charge in [-0.15, -0.1) is 11.3 Å². The summed E-state index contributed by atoms with van der Waals surface area (Å²) in [6, 6.07) is 7.50. The first kappa shape index (κ1) is 18.8. The second kappa shape index (κ2) is 8.13. The lowest BCUT2D eigenvalue weighted by atomic mass is 10.2. The molecule has 0 spiro atoms. The SMILES string of the molecule is CCOC(=O)c1sc(-c2c(OCc3ccc(F)cc3)cc[nH]c2=O)nc1C. The lowest BCUT2D eigenvalue weighted by Gasteiger charge is -2.09. The van der Waals surface area contributed by atoms with Gasteiger partial charge in [-0.1, -0.05) is 12.1 Å². The summed E-state index contributed by atoms with van der Waals surface area (Å²) in [5.74, 6) is -0.479. The second-order valence-corrected chi connectivity index (χ2v) is 6.61. The quantitative estimate of drug-likeness (QED) is 0.651. The third kappa shape index (κ3) is 4.22. The number of carbonyl (C=O) groups excluding carboxylic acids is 1. The summed E-state index contributed by atoms with van der Waals surface area (Å²) in [5, 5.41) is 0.367. The summed E-state index contributed by atoms with van der Waals surface area (Å²) < 4.78 is 23.8. The van der Waals surface area contributed by atoms with Crippen molar-refractivity contribution in [2.24, 2.45) is 0 Å². The van der Waals surface area contributed by atoms with E-state index in [1.165, 1.54) is 18.3 Å². The van der Waals surface area contributed by atoms with Crippen LogP contribution in [0.2, 0.25) is 0 Å². The zero-order valence-electron chi connectivity index (χ0n) is 14.7. The molecule has 140 valence electrons. The van der Waals surface area contributed by atoms with Crippen LogP contribution in [0.3, 0.4) is 0 Å². The van der Waals surface area contributed by atoms with Gasteiger partial charge in [-0.25, -0.2) is 14.2 Å². The normalized spacial score (nSPS) is 10.6. The average Bonchev–Trinajstić information content (AvgIpc) is 3.03. The van der Waals surface area contributed by atoms with Crippen molar-refractivity contribution in [3.8, 4) is 16.3 Å². The molecule has 27 heavy (non-hydrogen) atoms. The molecule has 0 atom stereocenters. The van der Waals surface area contributed by atoms with Crippen molar-refractivity contribution < 1.29 is 18.7 Å². The van der Waals surface area contributed by atoms with E-state index in [1.54, 1.807) is 32.0 Å². The highest BCUT2D eigenvalue weighted by molar-refractivity contribution is 7.17. The van der Waals surface area contributed by atoms with E-state index in [2.05, 4.69) is 9.97 Å². The van der Waals surface area contributed by atoms with Gasteiger partial charge in [0.2, 0.25) is 0 Å². The fourth-order valence-corrected chi connectivity index (χ4v) is 3.42. The van der Waals surface area contributed by atoms with Crippen LogP contribution in [0.25, 0.3) is 10.6 Å².